The second-order valence-electron chi connectivity index (χ2n) is 6.32. The number of carbonyl (C=O) groups excluding carboxylic acids is 1. The van der Waals surface area contributed by atoms with Gasteiger partial charge in [0.2, 0.25) is 0 Å². The minimum absolute atomic E-state index is 0.0332. The van der Waals surface area contributed by atoms with Crippen molar-refractivity contribution in [2.24, 2.45) is 0 Å². The van der Waals surface area contributed by atoms with Crippen LogP contribution in [0, 0.1) is 0 Å². The van der Waals surface area contributed by atoms with Crippen LogP contribution in [0.3, 0.4) is 0 Å². The largest absolute Gasteiger partial charge is 0.491 e. The zero-order valence-corrected chi connectivity index (χ0v) is 15.3. The Morgan fingerprint density at radius 3 is 2.41 bits per heavy atom. The second kappa shape index (κ2) is 9.59. The summed E-state index contributed by atoms with van der Waals surface area (Å²) < 4.78 is 5.59. The van der Waals surface area contributed by atoms with Crippen LogP contribution in [0.25, 0.3) is 0 Å². The highest BCUT2D eigenvalue weighted by Crippen LogP contribution is 2.19. The van der Waals surface area contributed by atoms with Gasteiger partial charge in [0.25, 0.3) is 0 Å². The van der Waals surface area contributed by atoms with E-state index in [1.54, 1.807) is 30.3 Å². The number of ether oxygens (including phenoxy) is 1. The predicted octanol–water partition coefficient (Wildman–Crippen LogP) is 2.70. The fraction of sp³-hybridized carbons (Fsp3) is 0.300. The molecular weight excluding hydrogens is 348 g/mol. The molecule has 4 N–H and O–H groups in total. The van der Waals surface area contributed by atoms with E-state index >= 15 is 0 Å². The van der Waals surface area contributed by atoms with Gasteiger partial charge in [-0.3, -0.25) is 0 Å². The van der Waals surface area contributed by atoms with Crippen molar-refractivity contribution >= 4 is 12.0 Å². The first-order valence-corrected chi connectivity index (χ1v) is 8.63. The molecule has 0 fully saturated rings. The summed E-state index contributed by atoms with van der Waals surface area (Å²) in [5.74, 6) is -0.333. The molecule has 0 aliphatic heterocycles. The molecule has 144 valence electrons. The third-order valence-corrected chi connectivity index (χ3v) is 3.72. The van der Waals surface area contributed by atoms with Gasteiger partial charge in [0.15, 0.2) is 0 Å². The Labute approximate surface area is 158 Å². The number of carbonyl (C=O) groups is 2. The second-order valence-corrected chi connectivity index (χ2v) is 6.32. The fourth-order valence-electron chi connectivity index (χ4n) is 2.38. The lowest BCUT2D eigenvalue weighted by Crippen LogP contribution is -2.37. The van der Waals surface area contributed by atoms with Crippen molar-refractivity contribution < 1.29 is 24.5 Å². The lowest BCUT2D eigenvalue weighted by molar-refractivity contribution is 0.0697. The number of rotatable bonds is 8. The highest BCUT2D eigenvalue weighted by molar-refractivity contribution is 5.87. The molecule has 0 aromatic heterocycles. The lowest BCUT2D eigenvalue weighted by atomic mass is 10.1. The predicted molar refractivity (Wildman–Crippen MR) is 101 cm³/mol. The van der Waals surface area contributed by atoms with Gasteiger partial charge in [-0.2, -0.15) is 0 Å². The number of aliphatic hydroxyl groups excluding tert-OH is 1. The van der Waals surface area contributed by atoms with Crippen LogP contribution in [-0.4, -0.2) is 34.9 Å². The Balaban J connectivity index is 1.80. The van der Waals surface area contributed by atoms with Crippen LogP contribution >= 0.6 is 0 Å². The highest BCUT2D eigenvalue weighted by atomic mass is 16.5. The summed E-state index contributed by atoms with van der Waals surface area (Å²) >= 11 is 0. The number of carboxylic acids is 1. The Hall–Kier alpha value is -3.06. The van der Waals surface area contributed by atoms with Gasteiger partial charge in [0, 0.05) is 13.1 Å². The van der Waals surface area contributed by atoms with Gasteiger partial charge < -0.3 is 25.6 Å². The maximum absolute atomic E-state index is 11.9. The summed E-state index contributed by atoms with van der Waals surface area (Å²) in [6, 6.07) is 12.9. The molecule has 0 saturated carbocycles. The van der Waals surface area contributed by atoms with E-state index < -0.39 is 18.1 Å². The molecule has 0 aliphatic rings. The third kappa shape index (κ3) is 6.63. The molecule has 27 heavy (non-hydrogen) atoms. The van der Waals surface area contributed by atoms with Crippen molar-refractivity contribution in [3.8, 4) is 5.75 Å². The Kier molecular flexibility index (Phi) is 7.19. The first-order valence-electron chi connectivity index (χ1n) is 8.63. The van der Waals surface area contributed by atoms with E-state index in [4.69, 9.17) is 9.84 Å². The molecule has 7 heteroatoms. The van der Waals surface area contributed by atoms with Crippen LogP contribution in [0.2, 0.25) is 0 Å². The van der Waals surface area contributed by atoms with Gasteiger partial charge in [-0.15, -0.1) is 0 Å². The van der Waals surface area contributed by atoms with Crippen molar-refractivity contribution in [2.45, 2.75) is 32.6 Å². The number of urea groups is 1. The number of hydrogen-bond donors (Lipinski definition) is 4. The zero-order valence-electron chi connectivity index (χ0n) is 15.3. The lowest BCUT2D eigenvalue weighted by Gasteiger charge is -2.15. The minimum atomic E-state index is -0.996. The van der Waals surface area contributed by atoms with Gasteiger partial charge in [-0.25, -0.2) is 9.59 Å². The molecule has 0 radical (unpaired) electrons. The fourth-order valence-corrected chi connectivity index (χ4v) is 2.38. The number of hydrogen-bond acceptors (Lipinski definition) is 4. The van der Waals surface area contributed by atoms with Crippen molar-refractivity contribution in [2.75, 3.05) is 6.54 Å². The Morgan fingerprint density at radius 1 is 1.07 bits per heavy atom. The number of amides is 2. The minimum Gasteiger partial charge on any atom is -0.491 e. The quantitative estimate of drug-likeness (QED) is 0.570. The summed E-state index contributed by atoms with van der Waals surface area (Å²) in [6.45, 7) is 4.14. The molecule has 0 saturated heterocycles. The topological polar surface area (TPSA) is 108 Å². The molecular formula is C20H24N2O5. The maximum Gasteiger partial charge on any atom is 0.335 e. The normalized spacial score (nSPS) is 11.7. The first-order chi connectivity index (χ1) is 12.8. The number of nitrogens with one attached hydrogen (secondary N) is 2. The molecule has 2 aromatic rings. The van der Waals surface area contributed by atoms with Gasteiger partial charge in [-0.1, -0.05) is 24.3 Å². The Bertz CT molecular complexity index is 774. The SMILES string of the molecule is CC(C)Oc1cccc(C(O)CNC(=O)NCc2ccc(C(=O)O)cc2)c1. The van der Waals surface area contributed by atoms with Gasteiger partial charge >= 0.3 is 12.0 Å². The molecule has 2 amide bonds. The van der Waals surface area contributed by atoms with E-state index in [2.05, 4.69) is 10.6 Å². The molecule has 0 spiro atoms. The molecule has 0 heterocycles. The summed E-state index contributed by atoms with van der Waals surface area (Å²) in [5.41, 5.74) is 1.61. The monoisotopic (exact) mass is 372 g/mol. The third-order valence-electron chi connectivity index (χ3n) is 3.72. The number of carboxylic acid groups (broad SMARTS) is 1. The molecule has 0 bridgehead atoms. The van der Waals surface area contributed by atoms with Crippen LogP contribution in [-0.2, 0) is 6.54 Å². The average molecular weight is 372 g/mol. The van der Waals surface area contributed by atoms with Gasteiger partial charge in [-0.05, 0) is 49.2 Å². The van der Waals surface area contributed by atoms with E-state index in [1.165, 1.54) is 12.1 Å². The van der Waals surface area contributed by atoms with Crippen LogP contribution in [0.1, 0.15) is 41.4 Å². The van der Waals surface area contributed by atoms with Crippen molar-refractivity contribution in [3.63, 3.8) is 0 Å². The molecule has 1 unspecified atom stereocenters. The summed E-state index contributed by atoms with van der Waals surface area (Å²) in [6.07, 6.45) is -0.827. The standard InChI is InChI=1S/C20H24N2O5/c1-13(2)27-17-5-3-4-16(10-17)18(23)12-22-20(26)21-11-14-6-8-15(9-7-14)19(24)25/h3-10,13,18,23H,11-12H2,1-2H3,(H,24,25)(H2,21,22,26). The summed E-state index contributed by atoms with van der Waals surface area (Å²) in [5, 5.41) is 24.4. The van der Waals surface area contributed by atoms with Gasteiger partial charge in [0.1, 0.15) is 5.75 Å². The zero-order chi connectivity index (χ0) is 19.8. The van der Waals surface area contributed by atoms with E-state index in [1.807, 2.05) is 19.9 Å². The molecule has 7 nitrogen and oxygen atoms in total. The van der Waals surface area contributed by atoms with Crippen molar-refractivity contribution in [1.29, 1.82) is 0 Å². The van der Waals surface area contributed by atoms with E-state index in [0.717, 1.165) is 5.56 Å². The highest BCUT2D eigenvalue weighted by Gasteiger charge is 2.11. The molecule has 0 aliphatic carbocycles. The molecule has 2 rings (SSSR count). The number of aliphatic hydroxyl groups is 1. The average Bonchev–Trinajstić information content (AvgIpc) is 2.64. The van der Waals surface area contributed by atoms with E-state index in [9.17, 15) is 14.7 Å². The maximum atomic E-state index is 11.9. The van der Waals surface area contributed by atoms with Crippen molar-refractivity contribution in [1.82, 2.24) is 10.6 Å². The van der Waals surface area contributed by atoms with Crippen LogP contribution in [0.5, 0.6) is 5.75 Å². The van der Waals surface area contributed by atoms with Crippen LogP contribution in [0.15, 0.2) is 48.5 Å². The Morgan fingerprint density at radius 2 is 1.78 bits per heavy atom. The summed E-state index contributed by atoms with van der Waals surface area (Å²) in [4.78, 5) is 22.7. The summed E-state index contributed by atoms with van der Waals surface area (Å²) in [7, 11) is 0. The van der Waals surface area contributed by atoms with Crippen molar-refractivity contribution in [3.05, 3.63) is 65.2 Å². The molecule has 1 atom stereocenters. The van der Waals surface area contributed by atoms with E-state index in [0.29, 0.717) is 11.3 Å². The molecule has 2 aromatic carbocycles. The number of benzene rings is 2. The van der Waals surface area contributed by atoms with Gasteiger partial charge in [0.05, 0.1) is 17.8 Å². The first kappa shape index (κ1) is 20.3. The van der Waals surface area contributed by atoms with Crippen LogP contribution in [0.4, 0.5) is 4.79 Å². The van der Waals surface area contributed by atoms with E-state index in [-0.39, 0.29) is 24.8 Å². The number of aromatic carboxylic acids is 1. The van der Waals surface area contributed by atoms with Crippen LogP contribution < -0.4 is 15.4 Å². The smallest absolute Gasteiger partial charge is 0.335 e.